The SMILES string of the molecule is COc1cccc(NC(=O)c2ccccc2NC(=O)C[C@@H]2C[C@@H]3CC[C@@H]2C3)c1. The summed E-state index contributed by atoms with van der Waals surface area (Å²) in [6.07, 6.45) is 5.61. The van der Waals surface area contributed by atoms with Crippen LogP contribution >= 0.6 is 0 Å². The summed E-state index contributed by atoms with van der Waals surface area (Å²) in [4.78, 5) is 25.4. The smallest absolute Gasteiger partial charge is 0.257 e. The zero-order valence-electron chi connectivity index (χ0n) is 16.1. The van der Waals surface area contributed by atoms with Crippen LogP contribution in [0.3, 0.4) is 0 Å². The Morgan fingerprint density at radius 3 is 2.64 bits per heavy atom. The Kier molecular flexibility index (Phi) is 5.33. The van der Waals surface area contributed by atoms with Crippen molar-refractivity contribution in [2.75, 3.05) is 17.7 Å². The minimum atomic E-state index is -0.260. The molecule has 2 aromatic carbocycles. The van der Waals surface area contributed by atoms with Crippen LogP contribution in [0, 0.1) is 17.8 Å². The Bertz CT molecular complexity index is 880. The number of anilines is 2. The average molecular weight is 378 g/mol. The van der Waals surface area contributed by atoms with E-state index in [1.54, 1.807) is 37.4 Å². The molecule has 2 saturated carbocycles. The third-order valence-electron chi connectivity index (χ3n) is 6.11. The molecule has 2 aliphatic carbocycles. The van der Waals surface area contributed by atoms with Crippen molar-refractivity contribution in [3.63, 3.8) is 0 Å². The van der Waals surface area contributed by atoms with Gasteiger partial charge in [0.2, 0.25) is 5.91 Å². The highest BCUT2D eigenvalue weighted by molar-refractivity contribution is 6.10. The maximum absolute atomic E-state index is 12.8. The lowest BCUT2D eigenvalue weighted by atomic mass is 9.86. The van der Waals surface area contributed by atoms with E-state index in [4.69, 9.17) is 4.74 Å². The van der Waals surface area contributed by atoms with Crippen LogP contribution in [0.4, 0.5) is 11.4 Å². The third kappa shape index (κ3) is 4.03. The second-order valence-corrected chi connectivity index (χ2v) is 7.92. The first-order valence-electron chi connectivity index (χ1n) is 9.96. The lowest BCUT2D eigenvalue weighted by Crippen LogP contribution is -2.22. The quantitative estimate of drug-likeness (QED) is 0.765. The number of benzene rings is 2. The van der Waals surface area contributed by atoms with Crippen molar-refractivity contribution in [1.29, 1.82) is 0 Å². The summed E-state index contributed by atoms with van der Waals surface area (Å²) in [5.41, 5.74) is 1.65. The molecule has 0 aliphatic heterocycles. The summed E-state index contributed by atoms with van der Waals surface area (Å²) in [6, 6.07) is 14.3. The van der Waals surface area contributed by atoms with Crippen molar-refractivity contribution in [3.8, 4) is 5.75 Å². The summed E-state index contributed by atoms with van der Waals surface area (Å²) in [5, 5.41) is 5.83. The molecule has 5 heteroatoms. The molecule has 2 amide bonds. The van der Waals surface area contributed by atoms with Crippen LogP contribution in [0.15, 0.2) is 48.5 Å². The fourth-order valence-corrected chi connectivity index (χ4v) is 4.76. The van der Waals surface area contributed by atoms with E-state index in [1.807, 2.05) is 18.2 Å². The minimum absolute atomic E-state index is 0.000759. The molecule has 0 aromatic heterocycles. The van der Waals surface area contributed by atoms with E-state index in [1.165, 1.54) is 25.7 Å². The Morgan fingerprint density at radius 1 is 1.04 bits per heavy atom. The highest BCUT2D eigenvalue weighted by Crippen LogP contribution is 2.49. The number of para-hydroxylation sites is 1. The summed E-state index contributed by atoms with van der Waals surface area (Å²) >= 11 is 0. The fraction of sp³-hybridized carbons (Fsp3) is 0.391. The van der Waals surface area contributed by atoms with Crippen molar-refractivity contribution in [2.24, 2.45) is 17.8 Å². The van der Waals surface area contributed by atoms with Gasteiger partial charge in [0, 0.05) is 18.2 Å². The van der Waals surface area contributed by atoms with Crippen molar-refractivity contribution in [2.45, 2.75) is 32.1 Å². The lowest BCUT2D eigenvalue weighted by molar-refractivity contribution is -0.117. The van der Waals surface area contributed by atoms with Gasteiger partial charge in [0.15, 0.2) is 0 Å². The monoisotopic (exact) mass is 378 g/mol. The Hall–Kier alpha value is -2.82. The number of hydrogen-bond acceptors (Lipinski definition) is 3. The number of carbonyl (C=O) groups excluding carboxylic acids is 2. The number of amides is 2. The van der Waals surface area contributed by atoms with Gasteiger partial charge in [-0.25, -0.2) is 0 Å². The Balaban J connectivity index is 1.42. The number of nitrogens with one attached hydrogen (secondary N) is 2. The summed E-state index contributed by atoms with van der Waals surface area (Å²) < 4.78 is 5.19. The first-order chi connectivity index (χ1) is 13.6. The first-order valence-corrected chi connectivity index (χ1v) is 9.96. The summed E-state index contributed by atoms with van der Waals surface area (Å²) in [6.45, 7) is 0. The molecular weight excluding hydrogens is 352 g/mol. The molecule has 28 heavy (non-hydrogen) atoms. The molecule has 0 saturated heterocycles. The second-order valence-electron chi connectivity index (χ2n) is 7.92. The molecule has 2 N–H and O–H groups in total. The fourth-order valence-electron chi connectivity index (χ4n) is 4.76. The van der Waals surface area contributed by atoms with Crippen LogP contribution in [0.25, 0.3) is 0 Å². The van der Waals surface area contributed by atoms with Gasteiger partial charge in [0.05, 0.1) is 18.4 Å². The lowest BCUT2D eigenvalue weighted by Gasteiger charge is -2.21. The Labute approximate surface area is 165 Å². The maximum atomic E-state index is 12.8. The van der Waals surface area contributed by atoms with E-state index in [0.29, 0.717) is 40.9 Å². The van der Waals surface area contributed by atoms with E-state index in [2.05, 4.69) is 10.6 Å². The number of methoxy groups -OCH3 is 1. The van der Waals surface area contributed by atoms with Gasteiger partial charge in [-0.15, -0.1) is 0 Å². The van der Waals surface area contributed by atoms with Gasteiger partial charge in [-0.3, -0.25) is 9.59 Å². The topological polar surface area (TPSA) is 67.4 Å². The van der Waals surface area contributed by atoms with Gasteiger partial charge in [-0.05, 0) is 61.3 Å². The zero-order valence-corrected chi connectivity index (χ0v) is 16.1. The van der Waals surface area contributed by atoms with E-state index < -0.39 is 0 Å². The highest BCUT2D eigenvalue weighted by atomic mass is 16.5. The van der Waals surface area contributed by atoms with Crippen LogP contribution in [0.1, 0.15) is 42.5 Å². The third-order valence-corrected chi connectivity index (χ3v) is 6.11. The predicted molar refractivity (Wildman–Crippen MR) is 110 cm³/mol. The van der Waals surface area contributed by atoms with Crippen molar-refractivity contribution in [3.05, 3.63) is 54.1 Å². The van der Waals surface area contributed by atoms with E-state index in [9.17, 15) is 9.59 Å². The normalized spacial score (nSPS) is 22.7. The van der Waals surface area contributed by atoms with Crippen LogP contribution in [0.2, 0.25) is 0 Å². The molecule has 0 radical (unpaired) electrons. The zero-order chi connectivity index (χ0) is 19.5. The second kappa shape index (κ2) is 8.05. The van der Waals surface area contributed by atoms with Crippen LogP contribution < -0.4 is 15.4 Å². The minimum Gasteiger partial charge on any atom is -0.497 e. The van der Waals surface area contributed by atoms with Crippen LogP contribution in [-0.2, 0) is 4.79 Å². The maximum Gasteiger partial charge on any atom is 0.257 e. The molecular formula is C23H26N2O3. The molecule has 5 nitrogen and oxygen atoms in total. The molecule has 0 unspecified atom stereocenters. The van der Waals surface area contributed by atoms with Gasteiger partial charge in [0.1, 0.15) is 5.75 Å². The van der Waals surface area contributed by atoms with Crippen molar-refractivity contribution in [1.82, 2.24) is 0 Å². The summed E-state index contributed by atoms with van der Waals surface area (Å²) in [5.74, 6) is 2.44. The van der Waals surface area contributed by atoms with Crippen LogP contribution in [0.5, 0.6) is 5.75 Å². The number of ether oxygens (including phenoxy) is 1. The van der Waals surface area contributed by atoms with Gasteiger partial charge in [0.25, 0.3) is 5.91 Å². The highest BCUT2D eigenvalue weighted by Gasteiger charge is 2.40. The number of hydrogen-bond donors (Lipinski definition) is 2. The van der Waals surface area contributed by atoms with E-state index >= 15 is 0 Å². The largest absolute Gasteiger partial charge is 0.497 e. The molecule has 2 bridgehead atoms. The molecule has 0 spiro atoms. The van der Waals surface area contributed by atoms with Gasteiger partial charge in [-0.2, -0.15) is 0 Å². The molecule has 4 rings (SSSR count). The molecule has 0 heterocycles. The number of rotatable bonds is 6. The van der Waals surface area contributed by atoms with E-state index in [-0.39, 0.29) is 11.8 Å². The number of fused-ring (bicyclic) bond motifs is 2. The molecule has 2 aromatic rings. The first kappa shape index (κ1) is 18.5. The van der Waals surface area contributed by atoms with Gasteiger partial charge < -0.3 is 15.4 Å². The predicted octanol–water partition coefficient (Wildman–Crippen LogP) is 4.71. The average Bonchev–Trinajstić information content (AvgIpc) is 3.31. The van der Waals surface area contributed by atoms with Gasteiger partial charge in [-0.1, -0.05) is 24.6 Å². The molecule has 2 fully saturated rings. The summed E-state index contributed by atoms with van der Waals surface area (Å²) in [7, 11) is 1.59. The van der Waals surface area contributed by atoms with Crippen molar-refractivity contribution >= 4 is 23.2 Å². The standard InChI is InChI=1S/C23H26N2O3/c1-28-19-6-4-5-18(14-19)24-23(27)20-7-2-3-8-21(20)25-22(26)13-17-12-15-9-10-16(17)11-15/h2-8,14-17H,9-13H2,1H3,(H,24,27)(H,25,26)/t15-,16-,17+/m1/s1. The molecule has 146 valence electrons. The van der Waals surface area contributed by atoms with Crippen molar-refractivity contribution < 1.29 is 14.3 Å². The molecule has 2 aliphatic rings. The molecule has 3 atom stereocenters. The van der Waals surface area contributed by atoms with Crippen LogP contribution in [-0.4, -0.2) is 18.9 Å². The number of carbonyl (C=O) groups is 2. The van der Waals surface area contributed by atoms with Gasteiger partial charge >= 0.3 is 0 Å². The van der Waals surface area contributed by atoms with E-state index in [0.717, 1.165) is 5.92 Å². The Morgan fingerprint density at radius 2 is 1.89 bits per heavy atom.